The summed E-state index contributed by atoms with van der Waals surface area (Å²) < 4.78 is 12.7. The molecule has 202 valence electrons. The minimum Gasteiger partial charge on any atom is -0.397 e. The van der Waals surface area contributed by atoms with Gasteiger partial charge in [-0.05, 0) is 88.9 Å². The molecule has 0 atom stereocenters. The Labute approximate surface area is 230 Å². The van der Waals surface area contributed by atoms with Crippen LogP contribution in [0.25, 0.3) is 0 Å². The van der Waals surface area contributed by atoms with Gasteiger partial charge in [-0.1, -0.05) is 23.7 Å². The van der Waals surface area contributed by atoms with Crippen LogP contribution >= 0.6 is 18.7 Å². The number of nitrogen functional groups attached to an aromatic ring is 1. The van der Waals surface area contributed by atoms with Crippen LogP contribution in [-0.4, -0.2) is 61.4 Å². The predicted molar refractivity (Wildman–Crippen MR) is 161 cm³/mol. The summed E-state index contributed by atoms with van der Waals surface area (Å²) in [5, 5.41) is 7.58. The van der Waals surface area contributed by atoms with Crippen molar-refractivity contribution >= 4 is 58.6 Å². The van der Waals surface area contributed by atoms with Gasteiger partial charge in [-0.15, -0.1) is 0 Å². The molecule has 38 heavy (non-hydrogen) atoms. The maximum atomic E-state index is 12.7. The molecular weight excluding hydrogens is 517 g/mol. The summed E-state index contributed by atoms with van der Waals surface area (Å²) in [6.45, 7) is 5.56. The van der Waals surface area contributed by atoms with Crippen molar-refractivity contribution in [2.24, 2.45) is 5.41 Å². The third-order valence-electron chi connectivity index (χ3n) is 8.00. The van der Waals surface area contributed by atoms with Gasteiger partial charge in [-0.25, -0.2) is 4.98 Å². The van der Waals surface area contributed by atoms with Crippen LogP contribution in [0.4, 0.5) is 34.5 Å². The normalized spacial score (nSPS) is 17.5. The number of nitrogens with one attached hydrogen (secondary N) is 2. The Morgan fingerprint density at radius 1 is 1.11 bits per heavy atom. The zero-order valence-corrected chi connectivity index (χ0v) is 24.2. The van der Waals surface area contributed by atoms with Gasteiger partial charge in [0.15, 0.2) is 5.82 Å². The molecule has 1 spiro atoms. The van der Waals surface area contributed by atoms with E-state index in [-0.39, 0.29) is 0 Å². The molecule has 0 bridgehead atoms. The summed E-state index contributed by atoms with van der Waals surface area (Å²) in [5.41, 5.74) is 10.3. The number of piperidine rings is 1. The summed E-state index contributed by atoms with van der Waals surface area (Å²) in [6.07, 6.45) is 6.61. The molecule has 1 aromatic heterocycles. The molecule has 2 aromatic carbocycles. The Morgan fingerprint density at radius 3 is 2.47 bits per heavy atom. The van der Waals surface area contributed by atoms with E-state index in [0.29, 0.717) is 27.9 Å². The highest BCUT2D eigenvalue weighted by Gasteiger charge is 2.46. The van der Waals surface area contributed by atoms with Crippen LogP contribution in [0.1, 0.15) is 25.7 Å². The first-order chi connectivity index (χ1) is 18.0. The lowest BCUT2D eigenvalue weighted by molar-refractivity contribution is 0.00492. The first-order valence-corrected chi connectivity index (χ1v) is 16.0. The molecule has 1 saturated carbocycles. The Balaban J connectivity index is 1.26. The molecule has 10 heteroatoms. The van der Waals surface area contributed by atoms with Crippen LogP contribution in [0.5, 0.6) is 0 Å². The third-order valence-corrected chi connectivity index (χ3v) is 9.82. The van der Waals surface area contributed by atoms with E-state index >= 15 is 0 Å². The summed E-state index contributed by atoms with van der Waals surface area (Å²) in [7, 11) is 1.88. The van der Waals surface area contributed by atoms with Crippen molar-refractivity contribution in [1.82, 2.24) is 14.9 Å². The number of nitrogens with two attached hydrogens (primary N) is 1. The second-order valence-corrected chi connectivity index (χ2v) is 14.9. The third kappa shape index (κ3) is 5.63. The van der Waals surface area contributed by atoms with Gasteiger partial charge < -0.3 is 30.7 Å². The van der Waals surface area contributed by atoms with Crippen molar-refractivity contribution in [3.05, 3.63) is 53.7 Å². The van der Waals surface area contributed by atoms with Crippen LogP contribution in [0, 0.1) is 5.41 Å². The highest BCUT2D eigenvalue weighted by molar-refractivity contribution is 7.70. The van der Waals surface area contributed by atoms with Gasteiger partial charge in [-0.2, -0.15) is 4.98 Å². The summed E-state index contributed by atoms with van der Waals surface area (Å²) in [6, 6.07) is 14.2. The fraction of sp³-hybridized carbons (Fsp3) is 0.429. The largest absolute Gasteiger partial charge is 0.397 e. The van der Waals surface area contributed by atoms with Gasteiger partial charge in [0.25, 0.3) is 0 Å². The summed E-state index contributed by atoms with van der Waals surface area (Å²) >= 11 is 6.39. The van der Waals surface area contributed by atoms with Crippen molar-refractivity contribution in [1.29, 1.82) is 0 Å². The van der Waals surface area contributed by atoms with E-state index < -0.39 is 7.14 Å². The maximum absolute atomic E-state index is 12.7. The van der Waals surface area contributed by atoms with Crippen molar-refractivity contribution in [2.75, 3.05) is 61.8 Å². The van der Waals surface area contributed by atoms with Gasteiger partial charge in [0.2, 0.25) is 5.95 Å². The molecule has 1 aliphatic heterocycles. The number of anilines is 6. The average Bonchev–Trinajstić information content (AvgIpc) is 2.84. The molecule has 2 fully saturated rings. The molecule has 1 aliphatic carbocycles. The molecule has 0 radical (unpaired) electrons. The number of benzene rings is 2. The Morgan fingerprint density at radius 2 is 1.82 bits per heavy atom. The van der Waals surface area contributed by atoms with Gasteiger partial charge in [0, 0.05) is 30.1 Å². The monoisotopic (exact) mass is 553 g/mol. The van der Waals surface area contributed by atoms with Gasteiger partial charge in [-0.3, -0.25) is 0 Å². The lowest BCUT2D eigenvalue weighted by Gasteiger charge is -2.54. The van der Waals surface area contributed by atoms with E-state index in [4.69, 9.17) is 17.3 Å². The van der Waals surface area contributed by atoms with Crippen LogP contribution < -0.4 is 26.6 Å². The Kier molecular flexibility index (Phi) is 7.33. The second-order valence-electron chi connectivity index (χ2n) is 11.3. The molecule has 0 unspecified atom stereocenters. The number of aromatic nitrogens is 2. The molecule has 3 aromatic rings. The van der Waals surface area contributed by atoms with Crippen LogP contribution in [-0.2, 0) is 4.57 Å². The fourth-order valence-electron chi connectivity index (χ4n) is 5.68. The highest BCUT2D eigenvalue weighted by atomic mass is 35.5. The number of rotatable bonds is 7. The Hall–Kier alpha value is -2.80. The summed E-state index contributed by atoms with van der Waals surface area (Å²) in [5.74, 6) is 0.822. The Bertz CT molecular complexity index is 1360. The van der Waals surface area contributed by atoms with Crippen molar-refractivity contribution in [2.45, 2.75) is 31.7 Å². The zero-order chi connectivity index (χ0) is 27.1. The first kappa shape index (κ1) is 26.8. The van der Waals surface area contributed by atoms with Crippen LogP contribution in [0.3, 0.4) is 0 Å². The quantitative estimate of drug-likeness (QED) is 0.251. The van der Waals surface area contributed by atoms with Crippen molar-refractivity contribution in [3.63, 3.8) is 0 Å². The smallest absolute Gasteiger partial charge is 0.229 e. The predicted octanol–water partition coefficient (Wildman–Crippen LogP) is 5.76. The number of nitrogens with zero attached hydrogens (tertiary/aromatic N) is 4. The molecule has 8 nitrogen and oxygen atoms in total. The van der Waals surface area contributed by atoms with E-state index in [1.807, 2.05) is 36.4 Å². The molecule has 4 N–H and O–H groups in total. The van der Waals surface area contributed by atoms with E-state index in [0.717, 1.165) is 41.5 Å². The number of hydrogen-bond donors (Lipinski definition) is 3. The van der Waals surface area contributed by atoms with E-state index in [9.17, 15) is 4.57 Å². The van der Waals surface area contributed by atoms with Crippen LogP contribution in [0.2, 0.25) is 5.02 Å². The molecule has 0 amide bonds. The minimum atomic E-state index is -2.49. The molecule has 1 saturated heterocycles. The van der Waals surface area contributed by atoms with Gasteiger partial charge in [0.05, 0.1) is 23.3 Å². The van der Waals surface area contributed by atoms with E-state index in [1.54, 1.807) is 19.5 Å². The number of hydrogen-bond acceptors (Lipinski definition) is 8. The molecule has 2 heterocycles. The van der Waals surface area contributed by atoms with Crippen molar-refractivity contribution in [3.8, 4) is 0 Å². The fourth-order valence-corrected chi connectivity index (χ4v) is 6.97. The number of para-hydroxylation sites is 1. The first-order valence-electron chi connectivity index (χ1n) is 13.1. The average molecular weight is 554 g/mol. The van der Waals surface area contributed by atoms with Crippen LogP contribution in [0.15, 0.2) is 48.7 Å². The molecular formula is C28H37ClN7OP. The molecule has 2 aliphatic rings. The highest BCUT2D eigenvalue weighted by Crippen LogP contribution is 2.51. The lowest BCUT2D eigenvalue weighted by atomic mass is 9.60. The topological polar surface area (TPSA) is 99.4 Å². The summed E-state index contributed by atoms with van der Waals surface area (Å²) in [4.78, 5) is 13.7. The lowest BCUT2D eigenvalue weighted by Crippen LogP contribution is -2.53. The zero-order valence-electron chi connectivity index (χ0n) is 22.5. The minimum absolute atomic E-state index is 0.369. The number of halogens is 1. The SMILES string of the molecule is CN(C)C1CC2(CCN(c3ccc(Nc4ncc(Cl)c(Nc5ccccc5P(C)(C)=O)n4)cc3N)CC2)C1. The molecule has 5 rings (SSSR count). The van der Waals surface area contributed by atoms with E-state index in [2.05, 4.69) is 50.6 Å². The van der Waals surface area contributed by atoms with E-state index in [1.165, 1.54) is 25.7 Å². The van der Waals surface area contributed by atoms with Crippen molar-refractivity contribution < 1.29 is 4.57 Å². The van der Waals surface area contributed by atoms with Gasteiger partial charge >= 0.3 is 0 Å². The standard InChI is InChI=1S/C28H37ClN7OP/c1-35(2)20-16-28(17-20)11-13-36(14-12-28)24-10-9-19(15-22(24)30)32-27-31-18-21(29)26(34-27)33-23-7-5-6-8-25(23)38(3,4)37/h5-10,15,18,20H,11-14,16-17,30H2,1-4H3,(H2,31,32,33,34). The van der Waals surface area contributed by atoms with Gasteiger partial charge in [0.1, 0.15) is 12.2 Å². The maximum Gasteiger partial charge on any atom is 0.229 e. The second kappa shape index (κ2) is 10.4.